The lowest BCUT2D eigenvalue weighted by Crippen LogP contribution is -1.91. The minimum Gasteiger partial charge on any atom is -0.250 e. The van der Waals surface area contributed by atoms with E-state index >= 15 is 0 Å². The minimum atomic E-state index is -3.12. The van der Waals surface area contributed by atoms with Crippen LogP contribution in [0, 0.1) is 20.8 Å². The van der Waals surface area contributed by atoms with Crippen LogP contribution in [0.25, 0.3) is 21.2 Å². The Morgan fingerprint density at radius 1 is 0.633 bits per heavy atom. The summed E-state index contributed by atoms with van der Waals surface area (Å²) in [6.07, 6.45) is 3.44. The third-order valence-corrected chi connectivity index (χ3v) is 16.1. The number of aryl methyl sites for hydroxylation is 3. The molecule has 7 nitrogen and oxygen atoms in total. The van der Waals surface area contributed by atoms with Gasteiger partial charge in [0.2, 0.25) is 9.84 Å². The lowest BCUT2D eigenvalue weighted by Gasteiger charge is -1.96. The summed E-state index contributed by atoms with van der Waals surface area (Å²) in [6.45, 7) is 13.7. The minimum absolute atomic E-state index is 0.433. The lowest BCUT2D eigenvalue weighted by atomic mass is 10.1. The highest BCUT2D eigenvalue weighted by Crippen LogP contribution is 2.32. The van der Waals surface area contributed by atoms with Gasteiger partial charge in [-0.2, -0.15) is 11.3 Å². The maximum atomic E-state index is 11.4. The van der Waals surface area contributed by atoms with Gasteiger partial charge in [0, 0.05) is 48.2 Å². The van der Waals surface area contributed by atoms with E-state index in [1.807, 2.05) is 92.4 Å². The molecule has 0 bridgehead atoms. The van der Waals surface area contributed by atoms with Gasteiger partial charge in [-0.25, -0.2) is 21.0 Å². The van der Waals surface area contributed by atoms with E-state index in [9.17, 15) is 25.3 Å². The summed E-state index contributed by atoms with van der Waals surface area (Å²) >= 11 is 5.18. The highest BCUT2D eigenvalue weighted by molar-refractivity contribution is 7.97. The van der Waals surface area contributed by atoms with Crippen molar-refractivity contribution in [1.29, 1.82) is 0 Å². The predicted molar refractivity (Wildman–Crippen MR) is 259 cm³/mol. The van der Waals surface area contributed by atoms with E-state index in [1.165, 1.54) is 37.4 Å². The molecule has 0 fully saturated rings. The fraction of sp³-hybridized carbons (Fsp3) is 0.152. The molecular weight excluding hydrogens is 887 g/mol. The van der Waals surface area contributed by atoms with Crippen molar-refractivity contribution < 1.29 is 25.3 Å². The van der Waals surface area contributed by atoms with E-state index in [-0.39, 0.29) is 0 Å². The highest BCUT2D eigenvalue weighted by atomic mass is 32.2. The summed E-state index contributed by atoms with van der Waals surface area (Å²) in [6, 6.07) is 25.5. The molecule has 0 N–H and O–H groups in total. The fourth-order valence-electron chi connectivity index (χ4n) is 5.35. The van der Waals surface area contributed by atoms with Crippen LogP contribution in [0.5, 0.6) is 0 Å². The van der Waals surface area contributed by atoms with Crippen LogP contribution in [-0.2, 0) is 41.3 Å². The zero-order chi connectivity index (χ0) is 43.9. The molecule has 2 atom stereocenters. The van der Waals surface area contributed by atoms with Crippen molar-refractivity contribution in [3.05, 3.63) is 190 Å². The van der Waals surface area contributed by atoms with Gasteiger partial charge in [0.25, 0.3) is 0 Å². The normalized spacial score (nSPS) is 17.5. The highest BCUT2D eigenvalue weighted by Gasteiger charge is 2.23. The van der Waals surface area contributed by atoms with E-state index in [0.29, 0.717) is 4.90 Å². The average Bonchev–Trinajstić information content (AvgIpc) is 4.11. The Kier molecular flexibility index (Phi) is 18.5. The zero-order valence-corrected chi connectivity index (χ0v) is 40.0. The molecule has 10 rings (SSSR count). The Morgan fingerprint density at radius 2 is 1.32 bits per heavy atom. The Hall–Kier alpha value is -4.41. The largest absolute Gasteiger partial charge is 0.250 e. The van der Waals surface area contributed by atoms with Gasteiger partial charge in [0.15, 0.2) is 9.84 Å². The van der Waals surface area contributed by atoms with Crippen LogP contribution in [0.1, 0.15) is 55.6 Å². The summed E-state index contributed by atoms with van der Waals surface area (Å²) in [5, 5.41) is 18.8. The molecule has 2 unspecified atom stereocenters. The predicted octanol–water partition coefficient (Wildman–Crippen LogP) is 12.7. The number of rotatable bonds is 0. The van der Waals surface area contributed by atoms with Crippen molar-refractivity contribution in [3.8, 4) is 0 Å². The number of hydrogen-bond donors (Lipinski definition) is 0. The van der Waals surface area contributed by atoms with Gasteiger partial charge in [0.05, 0.1) is 36.9 Å². The molecule has 314 valence electrons. The second-order valence-corrected chi connectivity index (χ2v) is 21.8. The van der Waals surface area contributed by atoms with Crippen LogP contribution in [0.3, 0.4) is 0 Å². The van der Waals surface area contributed by atoms with Crippen molar-refractivity contribution >= 4 is 96.5 Å². The number of thiophene rings is 2. The number of fused-ring (bicyclic) bond motifs is 3. The molecule has 4 aliphatic heterocycles. The standard InChI is InChI=1S/C9H8O2S.C9H8OS.C9H8S.C5H6O2S.C5H6OS.C5H6S.C4H5NS/c1-7-6-12(10,11)9-5-3-2-4-8(7)9;1-7-6-11(10)9-5-3-2-4-8(7)9;1-7-6-10-9-5-3-2-4-8(7)9;1-5-2-3-8(6,7)4-5;1-5-2-3-7(6)4-5;1-5-2-3-6-4-5;1-4-2-6-3-5-4/h2-6H,1H3;2-6H,1H3;2-6H,1H3;2-4H,1H3;2-4H,1H3;2-4H,1H3;2-3H,1H3. The summed E-state index contributed by atoms with van der Waals surface area (Å²) < 4.78 is 66.8. The number of sulfone groups is 2. The Bertz CT molecular complexity index is 2810. The second-order valence-electron chi connectivity index (χ2n) is 13.5. The number of benzene rings is 3. The molecule has 0 amide bonds. The molecular formula is C46H47NO6S7. The van der Waals surface area contributed by atoms with Crippen LogP contribution in [-0.4, -0.2) is 30.2 Å². The van der Waals surface area contributed by atoms with E-state index in [4.69, 9.17) is 0 Å². The average molecular weight is 934 g/mol. The molecule has 0 spiro atoms. The van der Waals surface area contributed by atoms with Gasteiger partial charge in [-0.05, 0) is 151 Å². The molecule has 0 saturated carbocycles. The molecule has 0 saturated heterocycles. The van der Waals surface area contributed by atoms with Gasteiger partial charge < -0.3 is 0 Å². The first-order chi connectivity index (χ1) is 28.5. The second kappa shape index (κ2) is 23.0. The third kappa shape index (κ3) is 15.2. The number of nitrogens with zero attached hydrogens (tertiary/aromatic N) is 1. The molecule has 3 aromatic heterocycles. The van der Waals surface area contributed by atoms with Crippen LogP contribution in [0.4, 0.5) is 0 Å². The summed E-state index contributed by atoms with van der Waals surface area (Å²) in [4.78, 5) is 5.32. The van der Waals surface area contributed by atoms with E-state index in [1.54, 1.807) is 64.0 Å². The Balaban J connectivity index is 0.000000157. The van der Waals surface area contributed by atoms with Gasteiger partial charge in [-0.1, -0.05) is 54.6 Å². The van der Waals surface area contributed by atoms with Crippen LogP contribution in [0.2, 0.25) is 0 Å². The first kappa shape index (κ1) is 48.3. The Morgan fingerprint density at radius 3 is 1.77 bits per heavy atom. The fourth-order valence-corrected chi connectivity index (χ4v) is 12.2. The van der Waals surface area contributed by atoms with E-state index < -0.39 is 41.3 Å². The van der Waals surface area contributed by atoms with Crippen LogP contribution in [0.15, 0.2) is 171 Å². The third-order valence-electron chi connectivity index (χ3n) is 8.29. The molecule has 7 heterocycles. The first-order valence-corrected chi connectivity index (χ1v) is 26.7. The van der Waals surface area contributed by atoms with Gasteiger partial charge in [-0.3, -0.25) is 9.19 Å². The van der Waals surface area contributed by atoms with E-state index in [2.05, 4.69) is 65.3 Å². The molecule has 3 aromatic carbocycles. The summed E-state index contributed by atoms with van der Waals surface area (Å²) in [7, 11) is -7.74. The van der Waals surface area contributed by atoms with E-state index in [0.717, 1.165) is 44.0 Å². The smallest absolute Gasteiger partial charge is 0.200 e. The molecule has 6 aromatic rings. The molecule has 0 radical (unpaired) electrons. The lowest BCUT2D eigenvalue weighted by molar-refractivity contribution is 0.605. The monoisotopic (exact) mass is 933 g/mol. The maximum Gasteiger partial charge on any atom is 0.200 e. The van der Waals surface area contributed by atoms with Crippen molar-refractivity contribution in [2.24, 2.45) is 0 Å². The van der Waals surface area contributed by atoms with Gasteiger partial charge >= 0.3 is 0 Å². The molecule has 4 aliphatic rings. The SMILES string of the molecule is CC1=CS(=O)(=O)C=C1.CC1=CS(=O)(=O)c2ccccc21.CC1=CS(=O)C=C1.CC1=CS(=O)c2ccccc21.Cc1ccsc1.Cc1csc2ccccc12.Cc1cscn1. The quantitative estimate of drug-likeness (QED) is 0.149. The first-order valence-electron chi connectivity index (χ1n) is 18.3. The molecule has 60 heavy (non-hydrogen) atoms. The van der Waals surface area contributed by atoms with Gasteiger partial charge in [-0.15, -0.1) is 22.7 Å². The van der Waals surface area contributed by atoms with Crippen LogP contribution < -0.4 is 0 Å². The van der Waals surface area contributed by atoms with Crippen molar-refractivity contribution in [1.82, 2.24) is 4.98 Å². The van der Waals surface area contributed by atoms with Crippen molar-refractivity contribution in [3.63, 3.8) is 0 Å². The topological polar surface area (TPSA) is 115 Å². The maximum absolute atomic E-state index is 11.4. The summed E-state index contributed by atoms with van der Waals surface area (Å²) in [5.74, 6) is 0. The summed E-state index contributed by atoms with van der Waals surface area (Å²) in [5.41, 5.74) is 11.5. The van der Waals surface area contributed by atoms with Crippen molar-refractivity contribution in [2.45, 2.75) is 58.3 Å². The number of allylic oxidation sites excluding steroid dienone is 6. The number of aromatic nitrogens is 1. The molecule has 14 heteroatoms. The number of thiazole rings is 1. The van der Waals surface area contributed by atoms with Gasteiger partial charge in [0.1, 0.15) is 0 Å². The van der Waals surface area contributed by atoms with Crippen LogP contribution >= 0.6 is 34.0 Å². The Labute approximate surface area is 371 Å². The molecule has 0 aliphatic carbocycles. The number of hydrogen-bond acceptors (Lipinski definition) is 10. The van der Waals surface area contributed by atoms with Crippen molar-refractivity contribution in [2.75, 3.05) is 0 Å². The zero-order valence-electron chi connectivity index (χ0n) is 34.3.